The van der Waals surface area contributed by atoms with E-state index in [4.69, 9.17) is 4.74 Å². The molecule has 0 bridgehead atoms. The van der Waals surface area contributed by atoms with Gasteiger partial charge < -0.3 is 15.0 Å². The van der Waals surface area contributed by atoms with Crippen molar-refractivity contribution in [1.29, 1.82) is 0 Å². The topological polar surface area (TPSA) is 41.6 Å². The summed E-state index contributed by atoms with van der Waals surface area (Å²) in [4.78, 5) is 14.2. The molecule has 4 heteroatoms. The average molecular weight is 290 g/mol. The van der Waals surface area contributed by atoms with Gasteiger partial charge in [0.1, 0.15) is 5.75 Å². The van der Waals surface area contributed by atoms with Crippen molar-refractivity contribution in [3.05, 3.63) is 29.8 Å². The van der Waals surface area contributed by atoms with Gasteiger partial charge in [0.25, 0.3) is 5.91 Å². The Morgan fingerprint density at radius 3 is 2.62 bits per heavy atom. The quantitative estimate of drug-likeness (QED) is 0.876. The molecule has 4 nitrogen and oxygen atoms in total. The Hall–Kier alpha value is -1.55. The van der Waals surface area contributed by atoms with Gasteiger partial charge in [-0.3, -0.25) is 4.79 Å². The first kappa shape index (κ1) is 15.8. The fraction of sp³-hybridized carbons (Fsp3) is 0.588. The number of carbonyl (C=O) groups excluding carboxylic acids is 1. The highest BCUT2D eigenvalue weighted by atomic mass is 16.5. The Morgan fingerprint density at radius 2 is 1.95 bits per heavy atom. The van der Waals surface area contributed by atoms with Crippen molar-refractivity contribution in [2.24, 2.45) is 0 Å². The summed E-state index contributed by atoms with van der Waals surface area (Å²) >= 11 is 0. The van der Waals surface area contributed by atoms with Gasteiger partial charge in [0, 0.05) is 24.7 Å². The molecule has 2 unspecified atom stereocenters. The minimum absolute atomic E-state index is 0.0957. The van der Waals surface area contributed by atoms with Gasteiger partial charge in [0.2, 0.25) is 0 Å². The molecule has 1 saturated heterocycles. The average Bonchev–Trinajstić information content (AvgIpc) is 3.01. The van der Waals surface area contributed by atoms with Crippen LogP contribution in [0.3, 0.4) is 0 Å². The van der Waals surface area contributed by atoms with Gasteiger partial charge in [-0.25, -0.2) is 0 Å². The first-order chi connectivity index (χ1) is 10.1. The Labute approximate surface area is 127 Å². The van der Waals surface area contributed by atoms with Gasteiger partial charge in [-0.1, -0.05) is 25.1 Å². The van der Waals surface area contributed by atoms with Crippen molar-refractivity contribution < 1.29 is 9.53 Å². The molecule has 2 rings (SSSR count). The molecular weight excluding hydrogens is 264 g/mol. The molecular formula is C17H26N2O2. The molecule has 1 N–H and O–H groups in total. The van der Waals surface area contributed by atoms with Crippen molar-refractivity contribution in [1.82, 2.24) is 10.2 Å². The summed E-state index contributed by atoms with van der Waals surface area (Å²) in [6.07, 6.45) is 1.78. The van der Waals surface area contributed by atoms with Crippen LogP contribution in [-0.2, 0) is 4.79 Å². The number of para-hydroxylation sites is 1. The molecule has 1 aliphatic heterocycles. The zero-order valence-electron chi connectivity index (χ0n) is 13.3. The molecule has 0 aliphatic carbocycles. The highest BCUT2D eigenvalue weighted by molar-refractivity contribution is 5.81. The van der Waals surface area contributed by atoms with Crippen LogP contribution in [0.2, 0.25) is 0 Å². The summed E-state index contributed by atoms with van der Waals surface area (Å²) in [6, 6.07) is 8.15. The largest absolute Gasteiger partial charge is 0.481 e. The molecule has 1 fully saturated rings. The number of rotatable bonds is 6. The molecule has 2 atom stereocenters. The summed E-state index contributed by atoms with van der Waals surface area (Å²) in [6.45, 7) is 8.66. The van der Waals surface area contributed by atoms with Crippen LogP contribution in [0.1, 0.15) is 45.2 Å². The molecule has 0 saturated carbocycles. The third-order valence-corrected chi connectivity index (χ3v) is 3.97. The third-order valence-electron chi connectivity index (χ3n) is 3.97. The lowest BCUT2D eigenvalue weighted by Gasteiger charge is -2.23. The van der Waals surface area contributed by atoms with Crippen molar-refractivity contribution >= 4 is 5.91 Å². The third kappa shape index (κ3) is 3.97. The Balaban J connectivity index is 2.06. The SMILES string of the molecule is CCNC(C)c1ccccc1OC(C)C(=O)N1CCCC1. The molecule has 1 amide bonds. The molecule has 1 aromatic carbocycles. The van der Waals surface area contributed by atoms with Crippen LogP contribution in [0.15, 0.2) is 24.3 Å². The summed E-state index contributed by atoms with van der Waals surface area (Å²) in [5.41, 5.74) is 1.10. The number of amides is 1. The second-order valence-electron chi connectivity index (χ2n) is 5.61. The fourth-order valence-electron chi connectivity index (χ4n) is 2.80. The zero-order chi connectivity index (χ0) is 15.2. The van der Waals surface area contributed by atoms with E-state index in [1.54, 1.807) is 0 Å². The summed E-state index contributed by atoms with van der Waals surface area (Å²) in [7, 11) is 0. The summed E-state index contributed by atoms with van der Waals surface area (Å²) in [5, 5.41) is 3.38. The van der Waals surface area contributed by atoms with E-state index in [-0.39, 0.29) is 11.9 Å². The zero-order valence-corrected chi connectivity index (χ0v) is 13.3. The highest BCUT2D eigenvalue weighted by Crippen LogP contribution is 2.26. The lowest BCUT2D eigenvalue weighted by atomic mass is 10.1. The lowest BCUT2D eigenvalue weighted by molar-refractivity contribution is -0.136. The number of benzene rings is 1. The number of likely N-dealkylation sites (tertiary alicyclic amines) is 1. The second-order valence-corrected chi connectivity index (χ2v) is 5.61. The van der Waals surface area contributed by atoms with E-state index >= 15 is 0 Å². The maximum atomic E-state index is 12.3. The van der Waals surface area contributed by atoms with E-state index in [2.05, 4.69) is 25.2 Å². The van der Waals surface area contributed by atoms with Crippen LogP contribution in [0, 0.1) is 0 Å². The second kappa shape index (κ2) is 7.46. The van der Waals surface area contributed by atoms with Gasteiger partial charge in [0.15, 0.2) is 6.10 Å². The molecule has 116 valence electrons. The predicted molar refractivity (Wildman–Crippen MR) is 84.4 cm³/mol. The Bertz CT molecular complexity index is 470. The maximum absolute atomic E-state index is 12.3. The van der Waals surface area contributed by atoms with Crippen LogP contribution >= 0.6 is 0 Å². The minimum atomic E-state index is -0.432. The lowest BCUT2D eigenvalue weighted by Crippen LogP contribution is -2.38. The van der Waals surface area contributed by atoms with Gasteiger partial charge in [0.05, 0.1) is 0 Å². The van der Waals surface area contributed by atoms with Crippen molar-refractivity contribution in [3.8, 4) is 5.75 Å². The molecule has 1 aromatic rings. The van der Waals surface area contributed by atoms with Crippen LogP contribution < -0.4 is 10.1 Å². The molecule has 0 spiro atoms. The first-order valence-corrected chi connectivity index (χ1v) is 7.91. The van der Waals surface area contributed by atoms with Gasteiger partial charge >= 0.3 is 0 Å². The normalized spacial score (nSPS) is 17.6. The molecule has 1 heterocycles. The number of carbonyl (C=O) groups is 1. The standard InChI is InChI=1S/C17H26N2O2/c1-4-18-13(2)15-9-5-6-10-16(15)21-14(3)17(20)19-11-7-8-12-19/h5-6,9-10,13-14,18H,4,7-8,11-12H2,1-3H3. The van der Waals surface area contributed by atoms with Crippen LogP contribution in [0.25, 0.3) is 0 Å². The van der Waals surface area contributed by atoms with E-state index in [0.717, 1.165) is 43.8 Å². The molecule has 21 heavy (non-hydrogen) atoms. The number of nitrogens with one attached hydrogen (secondary N) is 1. The monoisotopic (exact) mass is 290 g/mol. The molecule has 1 aliphatic rings. The number of nitrogens with zero attached hydrogens (tertiary/aromatic N) is 1. The maximum Gasteiger partial charge on any atom is 0.263 e. The molecule has 0 radical (unpaired) electrons. The van der Waals surface area contributed by atoms with E-state index in [1.807, 2.05) is 30.0 Å². The fourth-order valence-corrected chi connectivity index (χ4v) is 2.80. The van der Waals surface area contributed by atoms with E-state index < -0.39 is 6.10 Å². The van der Waals surface area contributed by atoms with Crippen LogP contribution in [0.5, 0.6) is 5.75 Å². The van der Waals surface area contributed by atoms with Crippen LogP contribution in [-0.4, -0.2) is 36.5 Å². The molecule has 0 aromatic heterocycles. The van der Waals surface area contributed by atoms with E-state index in [1.165, 1.54) is 0 Å². The summed E-state index contributed by atoms with van der Waals surface area (Å²) < 4.78 is 5.96. The smallest absolute Gasteiger partial charge is 0.263 e. The van der Waals surface area contributed by atoms with E-state index in [9.17, 15) is 4.79 Å². The summed E-state index contributed by atoms with van der Waals surface area (Å²) in [5.74, 6) is 0.893. The Kier molecular flexibility index (Phi) is 5.62. The highest BCUT2D eigenvalue weighted by Gasteiger charge is 2.25. The minimum Gasteiger partial charge on any atom is -0.481 e. The van der Waals surface area contributed by atoms with Crippen molar-refractivity contribution in [2.75, 3.05) is 19.6 Å². The number of hydrogen-bond donors (Lipinski definition) is 1. The van der Waals surface area contributed by atoms with Crippen LogP contribution in [0.4, 0.5) is 0 Å². The van der Waals surface area contributed by atoms with Crippen molar-refractivity contribution in [2.45, 2.75) is 45.8 Å². The first-order valence-electron chi connectivity index (χ1n) is 7.91. The van der Waals surface area contributed by atoms with Gasteiger partial charge in [-0.2, -0.15) is 0 Å². The van der Waals surface area contributed by atoms with Gasteiger partial charge in [-0.05, 0) is 39.3 Å². The Morgan fingerprint density at radius 1 is 1.29 bits per heavy atom. The van der Waals surface area contributed by atoms with Gasteiger partial charge in [-0.15, -0.1) is 0 Å². The van der Waals surface area contributed by atoms with E-state index in [0.29, 0.717) is 0 Å². The number of hydrogen-bond acceptors (Lipinski definition) is 3. The number of ether oxygens (including phenoxy) is 1. The van der Waals surface area contributed by atoms with Crippen molar-refractivity contribution in [3.63, 3.8) is 0 Å². The predicted octanol–water partition coefficient (Wildman–Crippen LogP) is 2.75.